The predicted octanol–water partition coefficient (Wildman–Crippen LogP) is 0.155. The van der Waals surface area contributed by atoms with Crippen LogP contribution in [0.3, 0.4) is 0 Å². The van der Waals surface area contributed by atoms with Crippen LogP contribution in [0.4, 0.5) is 5.13 Å². The smallest absolute Gasteiger partial charge is 0.226 e. The van der Waals surface area contributed by atoms with Crippen LogP contribution in [-0.2, 0) is 11.2 Å². The zero-order chi connectivity index (χ0) is 11.3. The van der Waals surface area contributed by atoms with Crippen molar-refractivity contribution in [3.05, 3.63) is 11.1 Å². The predicted molar refractivity (Wildman–Crippen MR) is 59.5 cm³/mol. The number of nitrogens with one attached hydrogen (secondary N) is 1. The van der Waals surface area contributed by atoms with Gasteiger partial charge in [0.05, 0.1) is 18.2 Å². The molecule has 15 heavy (non-hydrogen) atoms. The first-order chi connectivity index (χ1) is 7.08. The fourth-order valence-corrected chi connectivity index (χ4v) is 1.61. The molecule has 1 heterocycles. The summed E-state index contributed by atoms with van der Waals surface area (Å²) >= 11 is 1.32. The molecule has 0 aliphatic heterocycles. The van der Waals surface area contributed by atoms with Gasteiger partial charge in [0.2, 0.25) is 5.91 Å². The van der Waals surface area contributed by atoms with E-state index in [0.717, 1.165) is 0 Å². The second-order valence-electron chi connectivity index (χ2n) is 3.34. The summed E-state index contributed by atoms with van der Waals surface area (Å²) < 4.78 is 0. The van der Waals surface area contributed by atoms with Gasteiger partial charge in [-0.15, -0.1) is 11.3 Å². The summed E-state index contributed by atoms with van der Waals surface area (Å²) in [7, 11) is 0. The average Bonchev–Trinajstić information content (AvgIpc) is 2.50. The van der Waals surface area contributed by atoms with Crippen molar-refractivity contribution in [3.63, 3.8) is 0 Å². The van der Waals surface area contributed by atoms with E-state index in [-0.39, 0.29) is 18.4 Å². The van der Waals surface area contributed by atoms with E-state index in [1.54, 1.807) is 12.3 Å². The summed E-state index contributed by atoms with van der Waals surface area (Å²) in [6.45, 7) is 2.17. The fourth-order valence-electron chi connectivity index (χ4n) is 1.05. The maximum atomic E-state index is 11.3. The Balaban J connectivity index is 2.24. The van der Waals surface area contributed by atoms with E-state index >= 15 is 0 Å². The molecule has 0 saturated heterocycles. The van der Waals surface area contributed by atoms with Gasteiger partial charge in [0.25, 0.3) is 0 Å². The van der Waals surface area contributed by atoms with Crippen LogP contribution in [-0.4, -0.2) is 28.6 Å². The van der Waals surface area contributed by atoms with E-state index in [1.807, 2.05) is 0 Å². The van der Waals surface area contributed by atoms with Crippen molar-refractivity contribution < 1.29 is 9.90 Å². The van der Waals surface area contributed by atoms with E-state index in [0.29, 0.717) is 23.8 Å². The molecule has 0 bridgehead atoms. The third kappa shape index (κ3) is 4.75. The van der Waals surface area contributed by atoms with Crippen LogP contribution in [0.15, 0.2) is 5.38 Å². The van der Waals surface area contributed by atoms with Gasteiger partial charge in [-0.25, -0.2) is 4.98 Å². The molecular weight excluding hydrogens is 214 g/mol. The molecule has 5 nitrogen and oxygen atoms in total. The minimum absolute atomic E-state index is 0.0963. The molecule has 0 fully saturated rings. The first-order valence-corrected chi connectivity index (χ1v) is 5.60. The van der Waals surface area contributed by atoms with Crippen molar-refractivity contribution in [2.24, 2.45) is 0 Å². The van der Waals surface area contributed by atoms with Crippen molar-refractivity contribution in [2.45, 2.75) is 25.9 Å². The lowest BCUT2D eigenvalue weighted by atomic mass is 10.2. The van der Waals surface area contributed by atoms with Crippen LogP contribution in [0.1, 0.15) is 19.0 Å². The van der Waals surface area contributed by atoms with E-state index in [2.05, 4.69) is 10.3 Å². The number of aromatic nitrogens is 1. The van der Waals surface area contributed by atoms with E-state index in [4.69, 9.17) is 10.8 Å². The Morgan fingerprint density at radius 3 is 3.07 bits per heavy atom. The number of amides is 1. The molecule has 6 heteroatoms. The quantitative estimate of drug-likeness (QED) is 0.671. The Morgan fingerprint density at radius 1 is 1.80 bits per heavy atom. The number of nitrogen functional groups attached to an aromatic ring is 1. The standard InChI is InChI=1S/C9H15N3O2S/c1-6(13)2-3-11-8(14)4-7-5-15-9(10)12-7/h5-6,13H,2-4H2,1H3,(H2,10,12)(H,11,14). The highest BCUT2D eigenvalue weighted by molar-refractivity contribution is 7.13. The molecule has 1 aromatic heterocycles. The summed E-state index contributed by atoms with van der Waals surface area (Å²) in [6.07, 6.45) is 0.415. The van der Waals surface area contributed by atoms with Gasteiger partial charge in [-0.1, -0.05) is 0 Å². The molecule has 84 valence electrons. The van der Waals surface area contributed by atoms with Crippen LogP contribution in [0.5, 0.6) is 0 Å². The summed E-state index contributed by atoms with van der Waals surface area (Å²) in [5.74, 6) is -0.0963. The van der Waals surface area contributed by atoms with Crippen molar-refractivity contribution in [1.29, 1.82) is 0 Å². The molecule has 1 rings (SSSR count). The number of nitrogens with two attached hydrogens (primary N) is 1. The number of hydrogen-bond acceptors (Lipinski definition) is 5. The largest absolute Gasteiger partial charge is 0.393 e. The zero-order valence-corrected chi connectivity index (χ0v) is 9.38. The first-order valence-electron chi connectivity index (χ1n) is 4.72. The maximum Gasteiger partial charge on any atom is 0.226 e. The topological polar surface area (TPSA) is 88.2 Å². The van der Waals surface area contributed by atoms with E-state index in [1.165, 1.54) is 11.3 Å². The summed E-state index contributed by atoms with van der Waals surface area (Å²) in [6, 6.07) is 0. The summed E-state index contributed by atoms with van der Waals surface area (Å²) in [5.41, 5.74) is 6.12. The minimum atomic E-state index is -0.389. The molecular formula is C9H15N3O2S. The van der Waals surface area contributed by atoms with E-state index in [9.17, 15) is 4.79 Å². The lowest BCUT2D eigenvalue weighted by Crippen LogP contribution is -2.28. The number of thiazole rings is 1. The van der Waals surface area contributed by atoms with Crippen molar-refractivity contribution >= 4 is 22.4 Å². The van der Waals surface area contributed by atoms with Crippen molar-refractivity contribution in [1.82, 2.24) is 10.3 Å². The zero-order valence-electron chi connectivity index (χ0n) is 8.56. The van der Waals surface area contributed by atoms with Crippen molar-refractivity contribution in [2.75, 3.05) is 12.3 Å². The lowest BCUT2D eigenvalue weighted by Gasteiger charge is -2.05. The molecule has 0 saturated carbocycles. The number of aliphatic hydroxyl groups excluding tert-OH is 1. The Hall–Kier alpha value is -1.14. The first kappa shape index (κ1) is 11.9. The van der Waals surface area contributed by atoms with Crippen LogP contribution in [0, 0.1) is 0 Å². The van der Waals surface area contributed by atoms with Gasteiger partial charge in [0.15, 0.2) is 5.13 Å². The molecule has 0 aromatic carbocycles. The average molecular weight is 229 g/mol. The second kappa shape index (κ2) is 5.67. The molecule has 4 N–H and O–H groups in total. The highest BCUT2D eigenvalue weighted by Crippen LogP contribution is 2.11. The highest BCUT2D eigenvalue weighted by Gasteiger charge is 2.06. The molecule has 0 spiro atoms. The van der Waals surface area contributed by atoms with E-state index < -0.39 is 0 Å². The number of nitrogens with zero attached hydrogens (tertiary/aromatic N) is 1. The molecule has 1 unspecified atom stereocenters. The number of anilines is 1. The minimum Gasteiger partial charge on any atom is -0.393 e. The number of carbonyl (C=O) groups excluding carboxylic acids is 1. The van der Waals surface area contributed by atoms with Gasteiger partial charge in [0, 0.05) is 11.9 Å². The van der Waals surface area contributed by atoms with Gasteiger partial charge in [0.1, 0.15) is 0 Å². The van der Waals surface area contributed by atoms with Gasteiger partial charge in [-0.3, -0.25) is 4.79 Å². The second-order valence-corrected chi connectivity index (χ2v) is 4.23. The van der Waals surface area contributed by atoms with Crippen LogP contribution in [0.25, 0.3) is 0 Å². The monoisotopic (exact) mass is 229 g/mol. The third-order valence-electron chi connectivity index (χ3n) is 1.80. The molecule has 0 aliphatic rings. The van der Waals surface area contributed by atoms with Gasteiger partial charge < -0.3 is 16.2 Å². The lowest BCUT2D eigenvalue weighted by molar-refractivity contribution is -0.120. The van der Waals surface area contributed by atoms with Gasteiger partial charge in [-0.05, 0) is 13.3 Å². The van der Waals surface area contributed by atoms with Crippen LogP contribution in [0.2, 0.25) is 0 Å². The number of carbonyl (C=O) groups is 1. The number of hydrogen-bond donors (Lipinski definition) is 3. The number of aliphatic hydroxyl groups is 1. The van der Waals surface area contributed by atoms with Gasteiger partial charge >= 0.3 is 0 Å². The Morgan fingerprint density at radius 2 is 2.53 bits per heavy atom. The van der Waals surface area contributed by atoms with Crippen LogP contribution < -0.4 is 11.1 Å². The molecule has 1 amide bonds. The SMILES string of the molecule is CC(O)CCNC(=O)Cc1csc(N)n1. The Labute approximate surface area is 92.3 Å². The number of rotatable bonds is 5. The third-order valence-corrected chi connectivity index (χ3v) is 2.52. The Kier molecular flexibility index (Phi) is 4.51. The van der Waals surface area contributed by atoms with Gasteiger partial charge in [-0.2, -0.15) is 0 Å². The molecule has 0 radical (unpaired) electrons. The normalized spacial score (nSPS) is 12.4. The Bertz CT molecular complexity index is 325. The summed E-state index contributed by atoms with van der Waals surface area (Å²) in [4.78, 5) is 15.3. The van der Waals surface area contributed by atoms with Crippen LogP contribution >= 0.6 is 11.3 Å². The summed E-state index contributed by atoms with van der Waals surface area (Å²) in [5, 5.41) is 13.9. The molecule has 1 atom stereocenters. The highest BCUT2D eigenvalue weighted by atomic mass is 32.1. The molecule has 1 aromatic rings. The molecule has 0 aliphatic carbocycles. The fraction of sp³-hybridized carbons (Fsp3) is 0.556. The maximum absolute atomic E-state index is 11.3. The van der Waals surface area contributed by atoms with Crippen molar-refractivity contribution in [3.8, 4) is 0 Å².